The van der Waals surface area contributed by atoms with Crippen molar-refractivity contribution in [1.29, 1.82) is 0 Å². The summed E-state index contributed by atoms with van der Waals surface area (Å²) in [5.41, 5.74) is 1.00. The number of likely N-dealkylation sites (N-methyl/N-ethyl adjacent to an activating group) is 1. The van der Waals surface area contributed by atoms with Crippen molar-refractivity contribution in [2.24, 2.45) is 0 Å². The quantitative estimate of drug-likeness (QED) is 0.825. The number of hydrogen-bond acceptors (Lipinski definition) is 3. The number of methoxy groups -OCH3 is 2. The van der Waals surface area contributed by atoms with Gasteiger partial charge in [-0.25, -0.2) is 0 Å². The first-order valence-corrected chi connectivity index (χ1v) is 5.97. The van der Waals surface area contributed by atoms with Gasteiger partial charge >= 0.3 is 0 Å². The first-order valence-electron chi connectivity index (χ1n) is 5.97. The Labute approximate surface area is 104 Å². The number of hydrogen-bond donors (Lipinski definition) is 1. The highest BCUT2D eigenvalue weighted by molar-refractivity contribution is 5.30. The summed E-state index contributed by atoms with van der Waals surface area (Å²) in [4.78, 5) is 0. The van der Waals surface area contributed by atoms with Crippen LogP contribution < -0.4 is 10.1 Å². The normalized spacial score (nSPS) is 16.3. The van der Waals surface area contributed by atoms with Gasteiger partial charge in [-0.1, -0.05) is 19.1 Å². The highest BCUT2D eigenvalue weighted by Crippen LogP contribution is 2.32. The van der Waals surface area contributed by atoms with Crippen LogP contribution in [0.15, 0.2) is 24.3 Å². The molecule has 0 amide bonds. The van der Waals surface area contributed by atoms with Crippen molar-refractivity contribution < 1.29 is 9.47 Å². The van der Waals surface area contributed by atoms with Gasteiger partial charge in [0, 0.05) is 7.11 Å². The summed E-state index contributed by atoms with van der Waals surface area (Å²) in [7, 11) is 5.40. The second-order valence-corrected chi connectivity index (χ2v) is 4.37. The van der Waals surface area contributed by atoms with E-state index in [0.29, 0.717) is 0 Å². The summed E-state index contributed by atoms with van der Waals surface area (Å²) >= 11 is 0. The van der Waals surface area contributed by atoms with Crippen molar-refractivity contribution >= 4 is 0 Å². The molecule has 3 nitrogen and oxygen atoms in total. The Balaban J connectivity index is 3.00. The topological polar surface area (TPSA) is 30.5 Å². The van der Waals surface area contributed by atoms with E-state index in [-0.39, 0.29) is 11.6 Å². The third-order valence-electron chi connectivity index (χ3n) is 3.52. The smallest absolute Gasteiger partial charge is 0.118 e. The fraction of sp³-hybridized carbons (Fsp3) is 0.571. The van der Waals surface area contributed by atoms with E-state index in [1.54, 1.807) is 14.2 Å². The van der Waals surface area contributed by atoms with Crippen LogP contribution in [0.2, 0.25) is 0 Å². The van der Waals surface area contributed by atoms with Gasteiger partial charge in [0.1, 0.15) is 5.75 Å². The maximum absolute atomic E-state index is 5.66. The Bertz CT molecular complexity index is 331. The molecule has 0 radical (unpaired) electrons. The van der Waals surface area contributed by atoms with E-state index >= 15 is 0 Å². The zero-order valence-electron chi connectivity index (χ0n) is 11.4. The molecular weight excluding hydrogens is 214 g/mol. The summed E-state index contributed by atoms with van der Waals surface area (Å²) in [6.07, 6.45) is 0.945. The lowest BCUT2D eigenvalue weighted by Crippen LogP contribution is -2.41. The molecule has 0 bridgehead atoms. The van der Waals surface area contributed by atoms with Crippen molar-refractivity contribution in [3.63, 3.8) is 0 Å². The molecule has 0 heterocycles. The molecule has 1 aromatic carbocycles. The predicted octanol–water partition coefficient (Wildman–Crippen LogP) is 2.77. The third kappa shape index (κ3) is 2.99. The van der Waals surface area contributed by atoms with Crippen LogP contribution in [0.5, 0.6) is 5.75 Å². The third-order valence-corrected chi connectivity index (χ3v) is 3.52. The number of ether oxygens (including phenoxy) is 2. The molecular formula is C14H23NO2. The van der Waals surface area contributed by atoms with Gasteiger partial charge in [-0.05, 0) is 38.1 Å². The number of benzene rings is 1. The van der Waals surface area contributed by atoms with Gasteiger partial charge in [0.25, 0.3) is 0 Å². The molecule has 2 unspecified atom stereocenters. The van der Waals surface area contributed by atoms with Gasteiger partial charge in [-0.15, -0.1) is 0 Å². The van der Waals surface area contributed by atoms with Crippen molar-refractivity contribution in [1.82, 2.24) is 5.32 Å². The van der Waals surface area contributed by atoms with Gasteiger partial charge in [-0.2, -0.15) is 0 Å². The molecule has 0 saturated carbocycles. The fourth-order valence-electron chi connectivity index (χ4n) is 2.09. The van der Waals surface area contributed by atoms with Crippen molar-refractivity contribution in [2.45, 2.75) is 31.9 Å². The SMILES string of the molecule is CCC(C)(OC)C(NC)c1ccc(OC)cc1. The van der Waals surface area contributed by atoms with Crippen LogP contribution in [0.1, 0.15) is 31.9 Å². The predicted molar refractivity (Wildman–Crippen MR) is 70.5 cm³/mol. The summed E-state index contributed by atoms with van der Waals surface area (Å²) in [5.74, 6) is 0.874. The van der Waals surface area contributed by atoms with Crippen LogP contribution in [-0.2, 0) is 4.74 Å². The van der Waals surface area contributed by atoms with E-state index < -0.39 is 0 Å². The fourth-order valence-corrected chi connectivity index (χ4v) is 2.09. The maximum atomic E-state index is 5.66. The standard InChI is InChI=1S/C14H23NO2/c1-6-14(2,17-5)13(15-3)11-7-9-12(16-4)10-8-11/h7-10,13,15H,6H2,1-5H3. The molecule has 96 valence electrons. The van der Waals surface area contributed by atoms with Crippen LogP contribution in [0.4, 0.5) is 0 Å². The van der Waals surface area contributed by atoms with Gasteiger partial charge < -0.3 is 14.8 Å². The molecule has 0 aliphatic carbocycles. The summed E-state index contributed by atoms with van der Waals surface area (Å²) in [6, 6.07) is 8.28. The van der Waals surface area contributed by atoms with Crippen LogP contribution >= 0.6 is 0 Å². The highest BCUT2D eigenvalue weighted by Gasteiger charge is 2.32. The van der Waals surface area contributed by atoms with Gasteiger partial charge in [0.2, 0.25) is 0 Å². The molecule has 0 aromatic heterocycles. The van der Waals surface area contributed by atoms with Crippen molar-refractivity contribution in [3.8, 4) is 5.75 Å². The lowest BCUT2D eigenvalue weighted by Gasteiger charge is -2.36. The monoisotopic (exact) mass is 237 g/mol. The van der Waals surface area contributed by atoms with Crippen LogP contribution in [0.25, 0.3) is 0 Å². The molecule has 0 saturated heterocycles. The molecule has 2 atom stereocenters. The van der Waals surface area contributed by atoms with Crippen LogP contribution in [0.3, 0.4) is 0 Å². The number of rotatable bonds is 6. The summed E-state index contributed by atoms with van der Waals surface area (Å²) in [6.45, 7) is 4.26. The van der Waals surface area contributed by atoms with E-state index in [1.165, 1.54) is 5.56 Å². The minimum absolute atomic E-state index is 0.170. The molecule has 1 aromatic rings. The Morgan fingerprint density at radius 1 is 1.24 bits per heavy atom. The van der Waals surface area contributed by atoms with Crippen molar-refractivity contribution in [2.75, 3.05) is 21.3 Å². The molecule has 0 aliphatic heterocycles. The first kappa shape index (κ1) is 14.0. The van der Waals surface area contributed by atoms with E-state index in [2.05, 4.69) is 31.3 Å². The molecule has 1 rings (SSSR count). The van der Waals surface area contributed by atoms with Crippen LogP contribution in [-0.4, -0.2) is 26.9 Å². The highest BCUT2D eigenvalue weighted by atomic mass is 16.5. The minimum Gasteiger partial charge on any atom is -0.497 e. The van der Waals surface area contributed by atoms with E-state index in [1.807, 2.05) is 19.2 Å². The average molecular weight is 237 g/mol. The van der Waals surface area contributed by atoms with Crippen LogP contribution in [0, 0.1) is 0 Å². The molecule has 0 aliphatic rings. The minimum atomic E-state index is -0.205. The summed E-state index contributed by atoms with van der Waals surface area (Å²) in [5, 5.41) is 3.33. The van der Waals surface area contributed by atoms with Gasteiger partial charge in [0.15, 0.2) is 0 Å². The lowest BCUT2D eigenvalue weighted by atomic mass is 9.88. The zero-order valence-corrected chi connectivity index (χ0v) is 11.4. The maximum Gasteiger partial charge on any atom is 0.118 e. The van der Waals surface area contributed by atoms with E-state index in [9.17, 15) is 0 Å². The van der Waals surface area contributed by atoms with E-state index in [0.717, 1.165) is 12.2 Å². The lowest BCUT2D eigenvalue weighted by molar-refractivity contribution is -0.0280. The first-order chi connectivity index (χ1) is 8.11. The Hall–Kier alpha value is -1.06. The average Bonchev–Trinajstić information content (AvgIpc) is 2.40. The van der Waals surface area contributed by atoms with Gasteiger partial charge in [0.05, 0.1) is 18.8 Å². The van der Waals surface area contributed by atoms with E-state index in [4.69, 9.17) is 9.47 Å². The Kier molecular flexibility index (Phi) is 4.97. The van der Waals surface area contributed by atoms with Gasteiger partial charge in [-0.3, -0.25) is 0 Å². The zero-order chi connectivity index (χ0) is 12.9. The largest absolute Gasteiger partial charge is 0.497 e. The molecule has 0 spiro atoms. The molecule has 17 heavy (non-hydrogen) atoms. The molecule has 3 heteroatoms. The number of nitrogens with one attached hydrogen (secondary N) is 1. The summed E-state index contributed by atoms with van der Waals surface area (Å²) < 4.78 is 10.8. The second kappa shape index (κ2) is 6.03. The molecule has 1 N–H and O–H groups in total. The molecule has 0 fully saturated rings. The van der Waals surface area contributed by atoms with Crippen molar-refractivity contribution in [3.05, 3.63) is 29.8 Å². The Morgan fingerprint density at radius 2 is 1.82 bits per heavy atom. The second-order valence-electron chi connectivity index (χ2n) is 4.37. The Morgan fingerprint density at radius 3 is 2.18 bits per heavy atom.